The first kappa shape index (κ1) is 20.7. The van der Waals surface area contributed by atoms with Crippen LogP contribution in [0.5, 0.6) is 0 Å². The quantitative estimate of drug-likeness (QED) is 0.280. The Bertz CT molecular complexity index is 425. The predicted molar refractivity (Wildman–Crippen MR) is 97.0 cm³/mol. The van der Waals surface area contributed by atoms with Gasteiger partial charge in [-0.05, 0) is 32.1 Å². The molecule has 0 saturated carbocycles. The maximum absolute atomic E-state index is 10.3. The lowest BCUT2D eigenvalue weighted by atomic mass is 10.1. The summed E-state index contributed by atoms with van der Waals surface area (Å²) >= 11 is 0. The van der Waals surface area contributed by atoms with Gasteiger partial charge >= 0.3 is 5.97 Å². The molecule has 0 aromatic heterocycles. The second-order valence-corrected chi connectivity index (χ2v) is 6.25. The molecule has 3 atom stereocenters. The summed E-state index contributed by atoms with van der Waals surface area (Å²) in [4.78, 5) is 10.3. The van der Waals surface area contributed by atoms with Gasteiger partial charge in [-0.25, -0.2) is 0 Å². The summed E-state index contributed by atoms with van der Waals surface area (Å²) in [6.07, 6.45) is 19.9. The van der Waals surface area contributed by atoms with E-state index in [0.717, 1.165) is 25.7 Å². The summed E-state index contributed by atoms with van der Waals surface area (Å²) in [7, 11) is 0. The number of hydrogen-bond donors (Lipinski definition) is 2. The Labute approximate surface area is 145 Å². The van der Waals surface area contributed by atoms with Crippen molar-refractivity contribution in [2.24, 2.45) is 0 Å². The van der Waals surface area contributed by atoms with E-state index in [0.29, 0.717) is 6.42 Å². The van der Waals surface area contributed by atoms with E-state index in [9.17, 15) is 9.90 Å². The number of aliphatic hydroxyl groups excluding tert-OH is 1. The lowest BCUT2D eigenvalue weighted by Crippen LogP contribution is -2.13. The Kier molecular flexibility index (Phi) is 11.2. The third kappa shape index (κ3) is 10.4. The van der Waals surface area contributed by atoms with Gasteiger partial charge in [0, 0.05) is 6.42 Å². The number of aliphatic carboxylic acids is 1. The van der Waals surface area contributed by atoms with Crippen LogP contribution in [0.25, 0.3) is 0 Å². The largest absolute Gasteiger partial charge is 0.481 e. The first-order chi connectivity index (χ1) is 11.6. The highest BCUT2D eigenvalue weighted by atomic mass is 16.6. The minimum Gasteiger partial charge on any atom is -0.481 e. The van der Waals surface area contributed by atoms with Gasteiger partial charge in [0.15, 0.2) is 0 Å². The molecule has 0 aliphatic carbocycles. The van der Waals surface area contributed by atoms with Crippen LogP contribution < -0.4 is 0 Å². The first-order valence-corrected chi connectivity index (χ1v) is 9.17. The molecule has 0 unspecified atom stereocenters. The molecule has 0 bridgehead atoms. The van der Waals surface area contributed by atoms with Crippen LogP contribution in [0.2, 0.25) is 0 Å². The van der Waals surface area contributed by atoms with Crippen LogP contribution in [0.15, 0.2) is 36.5 Å². The summed E-state index contributed by atoms with van der Waals surface area (Å²) in [6, 6.07) is 0. The Hall–Kier alpha value is -1.39. The number of epoxide rings is 1. The van der Waals surface area contributed by atoms with Crippen molar-refractivity contribution in [2.75, 3.05) is 0 Å². The Morgan fingerprint density at radius 2 is 1.79 bits per heavy atom. The Morgan fingerprint density at radius 3 is 2.50 bits per heavy atom. The lowest BCUT2D eigenvalue weighted by Gasteiger charge is -2.00. The van der Waals surface area contributed by atoms with Crippen LogP contribution >= 0.6 is 0 Å². The number of hydrogen-bond acceptors (Lipinski definition) is 3. The molecule has 0 amide bonds. The van der Waals surface area contributed by atoms with Gasteiger partial charge in [-0.15, -0.1) is 0 Å². The predicted octanol–water partition coefficient (Wildman–Crippen LogP) is 4.40. The number of carboxylic acid groups (broad SMARTS) is 1. The molecule has 0 aromatic carbocycles. The standard InChI is InChI=1S/C20H32O4/c1-2-3-11-15-18-20(24-18)17(21)14-12-9-7-5-4-6-8-10-13-16-19(22)23/h5-8,12,14,17-18,20-21H,2-4,9-11,13,15-16H2,1H3,(H,22,23)/b7-5-,8-6-,14-12-/t17-,18-,20-/m0/s1. The highest BCUT2D eigenvalue weighted by Gasteiger charge is 2.42. The summed E-state index contributed by atoms with van der Waals surface area (Å²) < 4.78 is 5.52. The topological polar surface area (TPSA) is 70.1 Å². The van der Waals surface area contributed by atoms with Crippen molar-refractivity contribution in [1.82, 2.24) is 0 Å². The molecule has 0 spiro atoms. The first-order valence-electron chi connectivity index (χ1n) is 9.17. The van der Waals surface area contributed by atoms with Crippen LogP contribution in [0, 0.1) is 0 Å². The maximum atomic E-state index is 10.3. The molecule has 0 radical (unpaired) electrons. The van der Waals surface area contributed by atoms with Gasteiger partial charge in [0.2, 0.25) is 0 Å². The van der Waals surface area contributed by atoms with E-state index in [1.54, 1.807) is 0 Å². The number of unbranched alkanes of at least 4 members (excludes halogenated alkanes) is 3. The van der Waals surface area contributed by atoms with E-state index in [1.165, 1.54) is 19.3 Å². The minimum absolute atomic E-state index is 0.00387. The Morgan fingerprint density at radius 1 is 1.08 bits per heavy atom. The number of carboxylic acids is 1. The number of ether oxygens (including phenoxy) is 1. The summed E-state index contributed by atoms with van der Waals surface area (Å²) in [5.74, 6) is -0.735. The zero-order valence-corrected chi connectivity index (χ0v) is 14.8. The van der Waals surface area contributed by atoms with Crippen LogP contribution in [0.4, 0.5) is 0 Å². The van der Waals surface area contributed by atoms with Crippen molar-refractivity contribution in [3.63, 3.8) is 0 Å². The fraction of sp³-hybridized carbons (Fsp3) is 0.650. The fourth-order valence-corrected chi connectivity index (χ4v) is 2.55. The van der Waals surface area contributed by atoms with Crippen LogP contribution in [0.3, 0.4) is 0 Å². The number of rotatable bonds is 14. The molecule has 1 saturated heterocycles. The fourth-order valence-electron chi connectivity index (χ4n) is 2.55. The van der Waals surface area contributed by atoms with Crippen molar-refractivity contribution >= 4 is 5.97 Å². The molecule has 24 heavy (non-hydrogen) atoms. The van der Waals surface area contributed by atoms with Gasteiger partial charge in [-0.1, -0.05) is 62.6 Å². The summed E-state index contributed by atoms with van der Waals surface area (Å²) in [6.45, 7) is 2.19. The summed E-state index contributed by atoms with van der Waals surface area (Å²) in [5.41, 5.74) is 0. The van der Waals surface area contributed by atoms with Crippen LogP contribution in [0.1, 0.15) is 64.7 Å². The molecule has 1 aliphatic rings. The van der Waals surface area contributed by atoms with E-state index >= 15 is 0 Å². The van der Waals surface area contributed by atoms with E-state index in [1.807, 2.05) is 18.2 Å². The van der Waals surface area contributed by atoms with Gasteiger partial charge < -0.3 is 14.9 Å². The number of allylic oxidation sites excluding steroid dienone is 5. The highest BCUT2D eigenvalue weighted by Crippen LogP contribution is 2.30. The average molecular weight is 336 g/mol. The van der Waals surface area contributed by atoms with E-state index in [-0.39, 0.29) is 18.6 Å². The molecule has 1 heterocycles. The van der Waals surface area contributed by atoms with Crippen molar-refractivity contribution < 1.29 is 19.7 Å². The molecular weight excluding hydrogens is 304 g/mol. The molecule has 1 rings (SSSR count). The van der Waals surface area contributed by atoms with Gasteiger partial charge in [-0.3, -0.25) is 4.79 Å². The van der Waals surface area contributed by atoms with Crippen molar-refractivity contribution in [3.8, 4) is 0 Å². The molecule has 0 aromatic rings. The summed E-state index contributed by atoms with van der Waals surface area (Å²) in [5, 5.41) is 18.5. The van der Waals surface area contributed by atoms with Crippen LogP contribution in [-0.2, 0) is 9.53 Å². The molecule has 4 nitrogen and oxygen atoms in total. The highest BCUT2D eigenvalue weighted by molar-refractivity contribution is 5.66. The van der Waals surface area contributed by atoms with Crippen molar-refractivity contribution in [2.45, 2.75) is 83.0 Å². The minimum atomic E-state index is -0.735. The lowest BCUT2D eigenvalue weighted by molar-refractivity contribution is -0.137. The van der Waals surface area contributed by atoms with Gasteiger partial charge in [0.25, 0.3) is 0 Å². The average Bonchev–Trinajstić information content (AvgIpc) is 3.32. The molecule has 4 heteroatoms. The van der Waals surface area contributed by atoms with Crippen LogP contribution in [-0.4, -0.2) is 34.5 Å². The molecule has 1 aliphatic heterocycles. The second-order valence-electron chi connectivity index (χ2n) is 6.25. The van der Waals surface area contributed by atoms with Gasteiger partial charge in [0.05, 0.1) is 6.10 Å². The third-order valence-electron chi connectivity index (χ3n) is 4.02. The van der Waals surface area contributed by atoms with Crippen molar-refractivity contribution in [1.29, 1.82) is 0 Å². The van der Waals surface area contributed by atoms with Gasteiger partial charge in [-0.2, -0.15) is 0 Å². The SMILES string of the molecule is CCCCC[C@@H]1O[C@H]1[C@@H](O)/C=C\C/C=C\C/C=C\CCCC(=O)O. The number of aliphatic hydroxyl groups is 1. The smallest absolute Gasteiger partial charge is 0.303 e. The van der Waals surface area contributed by atoms with E-state index in [2.05, 4.69) is 25.2 Å². The maximum Gasteiger partial charge on any atom is 0.303 e. The zero-order valence-electron chi connectivity index (χ0n) is 14.8. The Balaban J connectivity index is 2.00. The molecule has 1 fully saturated rings. The molecular formula is C20H32O4. The zero-order chi connectivity index (χ0) is 17.6. The molecule has 136 valence electrons. The monoisotopic (exact) mass is 336 g/mol. The van der Waals surface area contributed by atoms with E-state index < -0.39 is 12.1 Å². The third-order valence-corrected chi connectivity index (χ3v) is 4.02. The van der Waals surface area contributed by atoms with Gasteiger partial charge in [0.1, 0.15) is 12.2 Å². The van der Waals surface area contributed by atoms with Crippen molar-refractivity contribution in [3.05, 3.63) is 36.5 Å². The second kappa shape index (κ2) is 13.0. The number of carbonyl (C=O) groups is 1. The normalized spacial score (nSPS) is 21.9. The molecule has 2 N–H and O–H groups in total. The van der Waals surface area contributed by atoms with E-state index in [4.69, 9.17) is 9.84 Å².